The monoisotopic (exact) mass is 239 g/mol. The van der Waals surface area contributed by atoms with Gasteiger partial charge in [-0.05, 0) is 30.1 Å². The van der Waals surface area contributed by atoms with E-state index in [9.17, 15) is 4.79 Å². The molecule has 0 radical (unpaired) electrons. The molecule has 0 spiro atoms. The lowest BCUT2D eigenvalue weighted by Crippen LogP contribution is -2.56. The molecule has 0 amide bonds. The van der Waals surface area contributed by atoms with Gasteiger partial charge in [0.15, 0.2) is 0 Å². The Morgan fingerprint density at radius 1 is 1.35 bits per heavy atom. The van der Waals surface area contributed by atoms with E-state index < -0.39 is 5.97 Å². The van der Waals surface area contributed by atoms with Gasteiger partial charge in [-0.3, -0.25) is 9.69 Å². The van der Waals surface area contributed by atoms with Crippen LogP contribution >= 0.6 is 0 Å². The molecule has 0 bridgehead atoms. The van der Waals surface area contributed by atoms with E-state index in [0.29, 0.717) is 17.4 Å². The number of likely N-dealkylation sites (tertiary alicyclic amines) is 1. The number of carboxylic acids is 1. The van der Waals surface area contributed by atoms with Gasteiger partial charge in [0.05, 0.1) is 5.92 Å². The minimum Gasteiger partial charge on any atom is -0.481 e. The summed E-state index contributed by atoms with van der Waals surface area (Å²) < 4.78 is 0. The number of rotatable bonds is 3. The van der Waals surface area contributed by atoms with Crippen LogP contribution in [-0.4, -0.2) is 35.1 Å². The summed E-state index contributed by atoms with van der Waals surface area (Å²) in [5.41, 5.74) is 0.466. The van der Waals surface area contributed by atoms with E-state index in [0.717, 1.165) is 19.0 Å². The van der Waals surface area contributed by atoms with E-state index in [1.54, 1.807) is 0 Å². The number of nitrogens with zero attached hydrogens (tertiary/aromatic N) is 1. The molecule has 3 unspecified atom stereocenters. The third-order valence-corrected chi connectivity index (χ3v) is 4.80. The van der Waals surface area contributed by atoms with Crippen LogP contribution < -0.4 is 0 Å². The normalized spacial score (nSPS) is 35.5. The Hall–Kier alpha value is -0.570. The van der Waals surface area contributed by atoms with Gasteiger partial charge < -0.3 is 5.11 Å². The fourth-order valence-electron chi connectivity index (χ4n) is 3.68. The number of hydrogen-bond donors (Lipinski definition) is 1. The second kappa shape index (κ2) is 4.27. The summed E-state index contributed by atoms with van der Waals surface area (Å²) in [6.07, 6.45) is 2.57. The first-order valence-electron chi connectivity index (χ1n) is 6.77. The highest BCUT2D eigenvalue weighted by atomic mass is 16.4. The van der Waals surface area contributed by atoms with Gasteiger partial charge in [-0.2, -0.15) is 0 Å². The Kier molecular flexibility index (Phi) is 3.23. The van der Waals surface area contributed by atoms with Crippen LogP contribution in [0, 0.1) is 23.2 Å². The van der Waals surface area contributed by atoms with Crippen molar-refractivity contribution in [3.63, 3.8) is 0 Å². The highest BCUT2D eigenvalue weighted by Crippen LogP contribution is 2.45. The topological polar surface area (TPSA) is 40.5 Å². The van der Waals surface area contributed by atoms with Crippen molar-refractivity contribution in [1.29, 1.82) is 0 Å². The third-order valence-electron chi connectivity index (χ3n) is 4.80. The predicted molar refractivity (Wildman–Crippen MR) is 67.8 cm³/mol. The second-order valence-electron chi connectivity index (χ2n) is 6.96. The molecule has 3 nitrogen and oxygen atoms in total. The van der Waals surface area contributed by atoms with Crippen LogP contribution in [0.5, 0.6) is 0 Å². The molecule has 1 N–H and O–H groups in total. The fourth-order valence-corrected chi connectivity index (χ4v) is 3.68. The molecule has 3 heteroatoms. The molecule has 1 aliphatic carbocycles. The maximum absolute atomic E-state index is 10.9. The largest absolute Gasteiger partial charge is 0.481 e. The Balaban J connectivity index is 1.86. The average Bonchev–Trinajstić information content (AvgIpc) is 2.37. The SMILES string of the molecule is CC1CC(C)(C)CC1N1CC(C(C)C(=O)O)C1. The van der Waals surface area contributed by atoms with Crippen LogP contribution in [0.25, 0.3) is 0 Å². The predicted octanol–water partition coefficient (Wildman–Crippen LogP) is 2.46. The molecule has 1 heterocycles. The molecule has 1 aliphatic heterocycles. The fraction of sp³-hybridized carbons (Fsp3) is 0.929. The van der Waals surface area contributed by atoms with E-state index in [1.807, 2.05) is 6.92 Å². The molecule has 2 fully saturated rings. The van der Waals surface area contributed by atoms with Gasteiger partial charge in [0.25, 0.3) is 0 Å². The molecule has 17 heavy (non-hydrogen) atoms. The molecular formula is C14H25NO2. The summed E-state index contributed by atoms with van der Waals surface area (Å²) in [5, 5.41) is 8.99. The minimum atomic E-state index is -0.644. The van der Waals surface area contributed by atoms with Crippen molar-refractivity contribution in [3.05, 3.63) is 0 Å². The maximum Gasteiger partial charge on any atom is 0.306 e. The van der Waals surface area contributed by atoms with Crippen molar-refractivity contribution in [2.24, 2.45) is 23.2 Å². The molecule has 2 aliphatic rings. The standard InChI is InChI=1S/C14H25NO2/c1-9-5-14(3,4)6-12(9)15-7-11(8-15)10(2)13(16)17/h9-12H,5-8H2,1-4H3,(H,16,17). The van der Waals surface area contributed by atoms with Gasteiger partial charge in [0.1, 0.15) is 0 Å². The lowest BCUT2D eigenvalue weighted by molar-refractivity contribution is -0.146. The highest BCUT2D eigenvalue weighted by molar-refractivity contribution is 5.70. The van der Waals surface area contributed by atoms with Crippen LogP contribution in [0.4, 0.5) is 0 Å². The summed E-state index contributed by atoms with van der Waals surface area (Å²) in [4.78, 5) is 13.4. The Labute approximate surface area is 104 Å². The quantitative estimate of drug-likeness (QED) is 0.822. The number of aliphatic carboxylic acids is 1. The lowest BCUT2D eigenvalue weighted by Gasteiger charge is -2.46. The van der Waals surface area contributed by atoms with E-state index in [1.165, 1.54) is 12.8 Å². The maximum atomic E-state index is 10.9. The van der Waals surface area contributed by atoms with Crippen molar-refractivity contribution in [3.8, 4) is 0 Å². The van der Waals surface area contributed by atoms with Gasteiger partial charge in [-0.1, -0.05) is 27.7 Å². The lowest BCUT2D eigenvalue weighted by atomic mass is 9.84. The molecule has 2 rings (SSSR count). The molecule has 1 saturated heterocycles. The first kappa shape index (κ1) is 12.9. The van der Waals surface area contributed by atoms with E-state index >= 15 is 0 Å². The van der Waals surface area contributed by atoms with Gasteiger partial charge in [-0.25, -0.2) is 0 Å². The summed E-state index contributed by atoms with van der Waals surface area (Å²) in [6.45, 7) is 10.8. The number of carbonyl (C=O) groups is 1. The highest BCUT2D eigenvalue weighted by Gasteiger charge is 2.45. The summed E-state index contributed by atoms with van der Waals surface area (Å²) >= 11 is 0. The van der Waals surface area contributed by atoms with Crippen molar-refractivity contribution < 1.29 is 9.90 Å². The smallest absolute Gasteiger partial charge is 0.306 e. The molecule has 98 valence electrons. The zero-order chi connectivity index (χ0) is 12.8. The van der Waals surface area contributed by atoms with Gasteiger partial charge in [-0.15, -0.1) is 0 Å². The number of carboxylic acid groups (broad SMARTS) is 1. The summed E-state index contributed by atoms with van der Waals surface area (Å²) in [5.74, 6) is 0.292. The molecule has 3 atom stereocenters. The Bertz CT molecular complexity index is 307. The Morgan fingerprint density at radius 2 is 1.94 bits per heavy atom. The second-order valence-corrected chi connectivity index (χ2v) is 6.96. The first-order chi connectivity index (χ1) is 7.80. The Morgan fingerprint density at radius 3 is 2.35 bits per heavy atom. The number of hydrogen-bond acceptors (Lipinski definition) is 2. The van der Waals surface area contributed by atoms with Gasteiger partial charge >= 0.3 is 5.97 Å². The third kappa shape index (κ3) is 2.49. The molecule has 1 saturated carbocycles. The van der Waals surface area contributed by atoms with Crippen LogP contribution in [0.1, 0.15) is 40.5 Å². The zero-order valence-corrected chi connectivity index (χ0v) is 11.4. The van der Waals surface area contributed by atoms with Crippen LogP contribution in [0.15, 0.2) is 0 Å². The van der Waals surface area contributed by atoms with Crippen LogP contribution in [0.3, 0.4) is 0 Å². The van der Waals surface area contributed by atoms with E-state index in [-0.39, 0.29) is 5.92 Å². The van der Waals surface area contributed by atoms with Gasteiger partial charge in [0, 0.05) is 19.1 Å². The minimum absolute atomic E-state index is 0.184. The van der Waals surface area contributed by atoms with Crippen LogP contribution in [0.2, 0.25) is 0 Å². The zero-order valence-electron chi connectivity index (χ0n) is 11.4. The first-order valence-corrected chi connectivity index (χ1v) is 6.77. The molecule has 0 aromatic carbocycles. The van der Waals surface area contributed by atoms with Crippen molar-refractivity contribution >= 4 is 5.97 Å². The van der Waals surface area contributed by atoms with E-state index in [2.05, 4.69) is 25.7 Å². The summed E-state index contributed by atoms with van der Waals surface area (Å²) in [6, 6.07) is 0.683. The average molecular weight is 239 g/mol. The molecular weight excluding hydrogens is 214 g/mol. The molecule has 0 aromatic heterocycles. The van der Waals surface area contributed by atoms with Gasteiger partial charge in [0.2, 0.25) is 0 Å². The van der Waals surface area contributed by atoms with E-state index in [4.69, 9.17) is 5.11 Å². The summed E-state index contributed by atoms with van der Waals surface area (Å²) in [7, 11) is 0. The van der Waals surface area contributed by atoms with Crippen LogP contribution in [-0.2, 0) is 4.79 Å². The van der Waals surface area contributed by atoms with Crippen molar-refractivity contribution in [1.82, 2.24) is 4.90 Å². The molecule has 0 aromatic rings. The van der Waals surface area contributed by atoms with Crippen molar-refractivity contribution in [2.45, 2.75) is 46.6 Å². The van der Waals surface area contributed by atoms with Crippen molar-refractivity contribution in [2.75, 3.05) is 13.1 Å².